The van der Waals surface area contributed by atoms with E-state index in [1.807, 2.05) is 0 Å². The summed E-state index contributed by atoms with van der Waals surface area (Å²) in [6.45, 7) is 0.469. The molecule has 0 saturated carbocycles. The molecule has 186 valence electrons. The van der Waals surface area contributed by atoms with Crippen LogP contribution in [0.4, 0.5) is 10.1 Å². The predicted molar refractivity (Wildman–Crippen MR) is 134 cm³/mol. The van der Waals surface area contributed by atoms with Crippen molar-refractivity contribution in [3.63, 3.8) is 0 Å². The monoisotopic (exact) mass is 555 g/mol. The Bertz CT molecular complexity index is 1350. The molecule has 1 N–H and O–H groups in total. The van der Waals surface area contributed by atoms with E-state index in [4.69, 9.17) is 9.47 Å². The second-order valence-electron chi connectivity index (χ2n) is 8.93. The van der Waals surface area contributed by atoms with Gasteiger partial charge in [-0.1, -0.05) is 30.3 Å². The molecule has 2 aliphatic rings. The first-order valence-corrected chi connectivity index (χ1v) is 12.1. The summed E-state index contributed by atoms with van der Waals surface area (Å²) in [7, 11) is 3.23. The number of amides is 1. The molecule has 3 aromatic carbocycles. The van der Waals surface area contributed by atoms with Crippen LogP contribution < -0.4 is 14.8 Å². The molecule has 1 amide bonds. The largest absolute Gasteiger partial charge is 0.493 e. The maximum absolute atomic E-state index is 13.3. The van der Waals surface area contributed by atoms with Crippen molar-refractivity contribution in [1.29, 1.82) is 0 Å². The van der Waals surface area contributed by atoms with E-state index in [0.717, 1.165) is 5.56 Å². The van der Waals surface area contributed by atoms with Gasteiger partial charge in [0.15, 0.2) is 17.0 Å². The highest BCUT2D eigenvalue weighted by atomic mass is 79.9. The van der Waals surface area contributed by atoms with Gasteiger partial charge in [-0.15, -0.1) is 0 Å². The number of para-hydroxylation sites is 1. The van der Waals surface area contributed by atoms with Gasteiger partial charge in [-0.3, -0.25) is 19.8 Å². The lowest BCUT2D eigenvalue weighted by atomic mass is 9.79. The molecule has 0 aliphatic carbocycles. The van der Waals surface area contributed by atoms with E-state index >= 15 is 0 Å². The summed E-state index contributed by atoms with van der Waals surface area (Å²) in [6, 6.07) is 15.3. The van der Waals surface area contributed by atoms with Gasteiger partial charge in [0.1, 0.15) is 12.4 Å². The van der Waals surface area contributed by atoms with Crippen LogP contribution in [0.2, 0.25) is 0 Å². The highest BCUT2D eigenvalue weighted by Crippen LogP contribution is 2.53. The smallest absolute Gasteiger partial charge is 0.256 e. The number of carbonyl (C=O) groups excluding carboxylic acids is 1. The zero-order chi connectivity index (χ0) is 25.6. The molecular weight excluding hydrogens is 533 g/mol. The molecule has 0 radical (unpaired) electrons. The summed E-state index contributed by atoms with van der Waals surface area (Å²) in [5, 5.41) is 15.4. The van der Waals surface area contributed by atoms with Gasteiger partial charge >= 0.3 is 0 Å². The summed E-state index contributed by atoms with van der Waals surface area (Å²) < 4.78 is 25.3. The molecule has 5 rings (SSSR count). The van der Waals surface area contributed by atoms with Gasteiger partial charge in [-0.25, -0.2) is 4.39 Å². The first-order chi connectivity index (χ1) is 17.3. The Morgan fingerprint density at radius 3 is 2.64 bits per heavy atom. The number of methoxy groups -OCH3 is 1. The van der Waals surface area contributed by atoms with Crippen molar-refractivity contribution in [2.24, 2.45) is 0 Å². The van der Waals surface area contributed by atoms with E-state index in [1.165, 1.54) is 19.2 Å². The Labute approximate surface area is 215 Å². The van der Waals surface area contributed by atoms with Crippen molar-refractivity contribution in [2.45, 2.75) is 24.1 Å². The number of nitro groups is 1. The molecule has 3 atom stereocenters. The summed E-state index contributed by atoms with van der Waals surface area (Å²) in [5.41, 5.74) is 1.18. The average molecular weight is 556 g/mol. The van der Waals surface area contributed by atoms with Crippen molar-refractivity contribution < 1.29 is 23.6 Å². The number of fused-ring (bicyclic) bond motifs is 2. The maximum atomic E-state index is 13.3. The number of nitrogens with one attached hydrogen (secondary N) is 1. The lowest BCUT2D eigenvalue weighted by Gasteiger charge is -2.30. The summed E-state index contributed by atoms with van der Waals surface area (Å²) in [6.07, 6.45) is 0. The van der Waals surface area contributed by atoms with E-state index in [0.29, 0.717) is 39.3 Å². The number of anilines is 1. The Balaban J connectivity index is 1.52. The molecular formula is C26H23BrFN3O5. The zero-order valence-corrected chi connectivity index (χ0v) is 21.1. The van der Waals surface area contributed by atoms with E-state index in [2.05, 4.69) is 21.2 Å². The molecule has 8 nitrogen and oxygen atoms in total. The van der Waals surface area contributed by atoms with Gasteiger partial charge in [-0.05, 0) is 64.4 Å². The summed E-state index contributed by atoms with van der Waals surface area (Å²) in [5.74, 6) is -0.518. The lowest BCUT2D eigenvalue weighted by Crippen LogP contribution is -2.54. The van der Waals surface area contributed by atoms with Crippen molar-refractivity contribution in [2.75, 3.05) is 26.0 Å². The van der Waals surface area contributed by atoms with Gasteiger partial charge < -0.3 is 14.8 Å². The van der Waals surface area contributed by atoms with Crippen LogP contribution >= 0.6 is 15.9 Å². The van der Waals surface area contributed by atoms with Gasteiger partial charge in [0.2, 0.25) is 0 Å². The second kappa shape index (κ2) is 9.18. The van der Waals surface area contributed by atoms with Crippen LogP contribution in [0.5, 0.6) is 11.5 Å². The SMILES string of the molecule is COc1cc([C@@H]2CN(C)[C@@]3(C(=O)Nc4ccccc43)[C@H]2[N+](=O)[O-])cc(Br)c1OCc1ccc(F)cc1. The Morgan fingerprint density at radius 1 is 1.22 bits per heavy atom. The van der Waals surface area contributed by atoms with E-state index < -0.39 is 23.4 Å². The number of nitrogens with zero attached hydrogens (tertiary/aromatic N) is 2. The predicted octanol–water partition coefficient (Wildman–Crippen LogP) is 4.70. The first kappa shape index (κ1) is 24.2. The average Bonchev–Trinajstić information content (AvgIpc) is 3.33. The van der Waals surface area contributed by atoms with Crippen LogP contribution in [0.3, 0.4) is 0 Å². The Kier molecular flexibility index (Phi) is 6.17. The van der Waals surface area contributed by atoms with Crippen LogP contribution in [-0.4, -0.2) is 42.5 Å². The normalized spacial score (nSPS) is 22.9. The Hall–Kier alpha value is -3.50. The summed E-state index contributed by atoms with van der Waals surface area (Å²) in [4.78, 5) is 27.3. The zero-order valence-electron chi connectivity index (χ0n) is 19.5. The topological polar surface area (TPSA) is 93.9 Å². The molecule has 1 spiro atoms. The molecule has 2 heterocycles. The third-order valence-corrected chi connectivity index (χ3v) is 7.61. The van der Waals surface area contributed by atoms with Gasteiger partial charge in [0.05, 0.1) is 17.5 Å². The molecule has 0 unspecified atom stereocenters. The van der Waals surface area contributed by atoms with Crippen molar-refractivity contribution in [1.82, 2.24) is 4.90 Å². The minimum absolute atomic E-state index is 0.179. The fourth-order valence-electron chi connectivity index (χ4n) is 5.41. The number of likely N-dealkylation sites (tertiary alicyclic amines) is 1. The van der Waals surface area contributed by atoms with Crippen molar-refractivity contribution in [3.8, 4) is 11.5 Å². The molecule has 10 heteroatoms. The van der Waals surface area contributed by atoms with E-state index in [9.17, 15) is 19.3 Å². The number of hydrogen-bond donors (Lipinski definition) is 1. The van der Waals surface area contributed by atoms with Gasteiger partial charge in [0, 0.05) is 22.7 Å². The van der Waals surface area contributed by atoms with Gasteiger partial charge in [0.25, 0.3) is 11.9 Å². The van der Waals surface area contributed by atoms with E-state index in [-0.39, 0.29) is 17.3 Å². The standard InChI is InChI=1S/C26H23BrFN3O5/c1-30-13-18(24(31(33)34)26(30)19-5-3-4-6-21(19)29-25(26)32)16-11-20(27)23(22(12-16)35-2)36-14-15-7-9-17(28)10-8-15/h3-12,18,24H,13-14H2,1-2H3,(H,29,32)/t18-,24-,26+/m0/s1. The fraction of sp³-hybridized carbons (Fsp3) is 0.269. The quantitative estimate of drug-likeness (QED) is 0.350. The molecule has 2 aliphatic heterocycles. The molecule has 3 aromatic rings. The van der Waals surface area contributed by atoms with Crippen molar-refractivity contribution in [3.05, 3.63) is 97.8 Å². The highest BCUT2D eigenvalue weighted by Gasteiger charge is 2.68. The fourth-order valence-corrected chi connectivity index (χ4v) is 5.98. The molecule has 0 aromatic heterocycles. The number of likely N-dealkylation sites (N-methyl/N-ethyl adjacent to an activating group) is 1. The molecule has 36 heavy (non-hydrogen) atoms. The van der Waals surface area contributed by atoms with Crippen LogP contribution in [0.25, 0.3) is 0 Å². The maximum Gasteiger partial charge on any atom is 0.256 e. The van der Waals surface area contributed by atoms with Crippen molar-refractivity contribution >= 4 is 27.5 Å². The van der Waals surface area contributed by atoms with Crippen LogP contribution in [0.15, 0.2) is 65.1 Å². The number of benzene rings is 3. The number of rotatable bonds is 6. The number of ether oxygens (including phenoxy) is 2. The number of hydrogen-bond acceptors (Lipinski definition) is 6. The van der Waals surface area contributed by atoms with Crippen LogP contribution in [0, 0.1) is 15.9 Å². The minimum Gasteiger partial charge on any atom is -0.493 e. The first-order valence-electron chi connectivity index (χ1n) is 11.3. The van der Waals surface area contributed by atoms with Crippen LogP contribution in [0.1, 0.15) is 22.6 Å². The molecule has 1 saturated heterocycles. The van der Waals surface area contributed by atoms with E-state index in [1.54, 1.807) is 60.5 Å². The Morgan fingerprint density at radius 2 is 1.94 bits per heavy atom. The van der Waals surface area contributed by atoms with Crippen LogP contribution in [-0.2, 0) is 16.9 Å². The third kappa shape index (κ3) is 3.72. The second-order valence-corrected chi connectivity index (χ2v) is 9.79. The lowest BCUT2D eigenvalue weighted by molar-refractivity contribution is -0.534. The number of halogens is 2. The molecule has 0 bridgehead atoms. The third-order valence-electron chi connectivity index (χ3n) is 7.02. The highest BCUT2D eigenvalue weighted by molar-refractivity contribution is 9.10. The minimum atomic E-state index is -1.43. The summed E-state index contributed by atoms with van der Waals surface area (Å²) >= 11 is 3.53. The number of carbonyl (C=O) groups is 1. The van der Waals surface area contributed by atoms with Gasteiger partial charge in [-0.2, -0.15) is 0 Å². The molecule has 1 fully saturated rings.